The van der Waals surface area contributed by atoms with Gasteiger partial charge in [0.1, 0.15) is 4.90 Å². The van der Waals surface area contributed by atoms with Crippen LogP contribution in [0.2, 0.25) is 0 Å². The summed E-state index contributed by atoms with van der Waals surface area (Å²) in [6, 6.07) is 0. The van der Waals surface area contributed by atoms with Crippen LogP contribution >= 0.6 is 0 Å². The molecule has 0 fully saturated rings. The lowest BCUT2D eigenvalue weighted by Crippen LogP contribution is -2.47. The highest BCUT2D eigenvalue weighted by Crippen LogP contribution is 2.18. The predicted octanol–water partition coefficient (Wildman–Crippen LogP) is -0.0263. The smallest absolute Gasteiger partial charge is 0.244 e. The average molecular weight is 262 g/mol. The zero-order valence-electron chi connectivity index (χ0n) is 10.4. The highest BCUT2D eigenvalue weighted by Gasteiger charge is 2.29. The third-order valence-corrected chi connectivity index (χ3v) is 4.14. The molecule has 0 unspecified atom stereocenters. The van der Waals surface area contributed by atoms with E-state index in [0.717, 1.165) is 0 Å². The fraction of sp³-hybridized carbons (Fsp3) is 0.667. The van der Waals surface area contributed by atoms with Gasteiger partial charge in [0.05, 0.1) is 23.5 Å². The third kappa shape index (κ3) is 3.25. The Balaban J connectivity index is 3.06. The minimum absolute atomic E-state index is 0.0716. The third-order valence-electron chi connectivity index (χ3n) is 2.18. The lowest BCUT2D eigenvalue weighted by molar-refractivity contribution is 0.0929. The fourth-order valence-corrected chi connectivity index (χ4v) is 3.36. The largest absolute Gasteiger partial charge is 0.303 e. The summed E-state index contributed by atoms with van der Waals surface area (Å²) in [6.07, 6.45) is 0. The van der Waals surface area contributed by atoms with Gasteiger partial charge >= 0.3 is 0 Å². The van der Waals surface area contributed by atoms with E-state index in [-0.39, 0.29) is 11.5 Å². The van der Waals surface area contributed by atoms with Gasteiger partial charge in [0, 0.05) is 0 Å². The molecule has 98 valence electrons. The number of nitrogens with two attached hydrogens (primary N) is 1. The van der Waals surface area contributed by atoms with E-state index in [1.54, 1.807) is 27.7 Å². The summed E-state index contributed by atoms with van der Waals surface area (Å²) in [5.74, 6) is 4.96. The summed E-state index contributed by atoms with van der Waals surface area (Å²) in [7, 11) is -3.64. The quantitative estimate of drug-likeness (QED) is 0.646. The molecule has 0 saturated heterocycles. The number of aromatic nitrogens is 2. The standard InChI is InChI=1S/C9H18N4O3S/c1-6-8(7(2)12-11-6)17(14,15)13-9(3,4)5-16-10/h13H,5,10H2,1-4H3,(H,11,12). The molecule has 1 aromatic rings. The molecule has 17 heavy (non-hydrogen) atoms. The maximum atomic E-state index is 12.2. The summed E-state index contributed by atoms with van der Waals surface area (Å²) in [4.78, 5) is 4.65. The van der Waals surface area contributed by atoms with Crippen LogP contribution in [0.3, 0.4) is 0 Å². The predicted molar refractivity (Wildman–Crippen MR) is 62.6 cm³/mol. The Labute approximate surface area is 101 Å². The topological polar surface area (TPSA) is 110 Å². The molecule has 0 radical (unpaired) electrons. The maximum absolute atomic E-state index is 12.2. The van der Waals surface area contributed by atoms with E-state index < -0.39 is 15.6 Å². The van der Waals surface area contributed by atoms with Crippen molar-refractivity contribution in [3.63, 3.8) is 0 Å². The number of H-pyrrole nitrogens is 1. The SMILES string of the molecule is Cc1n[nH]c(C)c1S(=O)(=O)NC(C)(C)CON. The van der Waals surface area contributed by atoms with Gasteiger partial charge in [-0.05, 0) is 27.7 Å². The maximum Gasteiger partial charge on any atom is 0.244 e. The van der Waals surface area contributed by atoms with Crippen LogP contribution in [-0.2, 0) is 14.9 Å². The molecule has 0 bridgehead atoms. The second-order valence-corrected chi connectivity index (χ2v) is 6.18. The van der Waals surface area contributed by atoms with Crippen LogP contribution in [0.25, 0.3) is 0 Å². The zero-order valence-corrected chi connectivity index (χ0v) is 11.2. The molecule has 1 rings (SSSR count). The molecule has 0 aliphatic rings. The summed E-state index contributed by atoms with van der Waals surface area (Å²) in [6.45, 7) is 6.72. The highest BCUT2D eigenvalue weighted by molar-refractivity contribution is 7.89. The van der Waals surface area contributed by atoms with Gasteiger partial charge in [-0.2, -0.15) is 5.10 Å². The Morgan fingerprint density at radius 2 is 2.06 bits per heavy atom. The van der Waals surface area contributed by atoms with Crippen LogP contribution in [0, 0.1) is 13.8 Å². The number of hydrogen-bond acceptors (Lipinski definition) is 5. The molecule has 8 heteroatoms. The van der Waals surface area contributed by atoms with Crippen molar-refractivity contribution < 1.29 is 13.3 Å². The van der Waals surface area contributed by atoms with E-state index in [2.05, 4.69) is 19.8 Å². The normalized spacial score (nSPS) is 13.0. The molecular weight excluding hydrogens is 244 g/mol. The summed E-state index contributed by atoms with van der Waals surface area (Å²) in [5, 5.41) is 6.49. The molecule has 0 aliphatic carbocycles. The Kier molecular flexibility index (Phi) is 3.92. The first-order valence-corrected chi connectivity index (χ1v) is 6.55. The Bertz CT molecular complexity index is 473. The van der Waals surface area contributed by atoms with E-state index in [1.807, 2.05) is 0 Å². The van der Waals surface area contributed by atoms with Crippen molar-refractivity contribution in [2.45, 2.75) is 38.1 Å². The first-order valence-electron chi connectivity index (χ1n) is 5.07. The minimum atomic E-state index is -3.64. The Hall–Kier alpha value is -0.960. The van der Waals surface area contributed by atoms with E-state index in [0.29, 0.717) is 11.4 Å². The monoisotopic (exact) mass is 262 g/mol. The Morgan fingerprint density at radius 3 is 2.47 bits per heavy atom. The van der Waals surface area contributed by atoms with Gasteiger partial charge in [0.15, 0.2) is 0 Å². The molecule has 1 aromatic heterocycles. The first-order chi connectivity index (χ1) is 7.69. The van der Waals surface area contributed by atoms with Crippen molar-refractivity contribution in [2.75, 3.05) is 6.61 Å². The highest BCUT2D eigenvalue weighted by atomic mass is 32.2. The number of rotatable bonds is 5. The van der Waals surface area contributed by atoms with Crippen molar-refractivity contribution >= 4 is 10.0 Å². The number of sulfonamides is 1. The van der Waals surface area contributed by atoms with Crippen molar-refractivity contribution in [2.24, 2.45) is 5.90 Å². The lowest BCUT2D eigenvalue weighted by atomic mass is 10.1. The lowest BCUT2D eigenvalue weighted by Gasteiger charge is -2.24. The molecular formula is C9H18N4O3S. The number of hydrogen-bond donors (Lipinski definition) is 3. The second kappa shape index (κ2) is 4.73. The number of aryl methyl sites for hydroxylation is 2. The van der Waals surface area contributed by atoms with Crippen molar-refractivity contribution in [3.05, 3.63) is 11.4 Å². The molecule has 0 amide bonds. The first kappa shape index (κ1) is 14.1. The molecule has 4 N–H and O–H groups in total. The molecule has 0 aliphatic heterocycles. The van der Waals surface area contributed by atoms with E-state index in [9.17, 15) is 8.42 Å². The molecule has 0 atom stereocenters. The van der Waals surface area contributed by atoms with Crippen LogP contribution in [0.5, 0.6) is 0 Å². The van der Waals surface area contributed by atoms with Crippen LogP contribution < -0.4 is 10.6 Å². The van der Waals surface area contributed by atoms with Gasteiger partial charge in [-0.3, -0.25) is 5.10 Å². The van der Waals surface area contributed by atoms with E-state index in [4.69, 9.17) is 5.90 Å². The summed E-state index contributed by atoms with van der Waals surface area (Å²) < 4.78 is 26.8. The van der Waals surface area contributed by atoms with E-state index in [1.165, 1.54) is 0 Å². The van der Waals surface area contributed by atoms with Crippen molar-refractivity contribution in [3.8, 4) is 0 Å². The zero-order chi connectivity index (χ0) is 13.3. The van der Waals surface area contributed by atoms with Gasteiger partial charge in [-0.15, -0.1) is 0 Å². The van der Waals surface area contributed by atoms with Crippen LogP contribution in [-0.4, -0.2) is 30.8 Å². The van der Waals surface area contributed by atoms with Crippen molar-refractivity contribution in [1.82, 2.24) is 14.9 Å². The molecule has 1 heterocycles. The Morgan fingerprint density at radius 1 is 1.47 bits per heavy atom. The number of nitrogens with zero attached hydrogens (tertiary/aromatic N) is 1. The summed E-state index contributed by atoms with van der Waals surface area (Å²) >= 11 is 0. The molecule has 0 spiro atoms. The van der Waals surface area contributed by atoms with E-state index >= 15 is 0 Å². The summed E-state index contributed by atoms with van der Waals surface area (Å²) in [5.41, 5.74) is 0.142. The van der Waals surface area contributed by atoms with Gasteiger partial charge in [0.2, 0.25) is 10.0 Å². The van der Waals surface area contributed by atoms with Gasteiger partial charge in [-0.1, -0.05) is 0 Å². The van der Waals surface area contributed by atoms with Crippen molar-refractivity contribution in [1.29, 1.82) is 0 Å². The second-order valence-electron chi connectivity index (χ2n) is 4.56. The minimum Gasteiger partial charge on any atom is -0.303 e. The van der Waals surface area contributed by atoms with Gasteiger partial charge in [0.25, 0.3) is 0 Å². The molecule has 0 saturated carbocycles. The molecule has 7 nitrogen and oxygen atoms in total. The van der Waals surface area contributed by atoms with Gasteiger partial charge in [-0.25, -0.2) is 19.0 Å². The number of nitrogens with one attached hydrogen (secondary N) is 2. The fourth-order valence-electron chi connectivity index (χ4n) is 1.59. The van der Waals surface area contributed by atoms with Gasteiger partial charge < -0.3 is 4.84 Å². The van der Waals surface area contributed by atoms with Crippen LogP contribution in [0.1, 0.15) is 25.2 Å². The van der Waals surface area contributed by atoms with Crippen LogP contribution in [0.15, 0.2) is 4.90 Å². The average Bonchev–Trinajstić information content (AvgIpc) is 2.43. The number of aromatic amines is 1. The van der Waals surface area contributed by atoms with Crippen LogP contribution in [0.4, 0.5) is 0 Å². The molecule has 0 aromatic carbocycles.